The molecule has 0 spiro atoms. The summed E-state index contributed by atoms with van der Waals surface area (Å²) >= 11 is 1.45. The molecule has 1 aromatic carbocycles. The number of carbonyl (C=O) groups excluding carboxylic acids is 1. The number of halogens is 1. The van der Waals surface area contributed by atoms with Crippen LogP contribution in [0.3, 0.4) is 0 Å². The molecular formula is C18H19FN4OS. The highest BCUT2D eigenvalue weighted by Crippen LogP contribution is 2.25. The molecule has 3 heterocycles. The van der Waals surface area contributed by atoms with E-state index in [1.54, 1.807) is 12.1 Å². The van der Waals surface area contributed by atoms with Crippen LogP contribution in [0.2, 0.25) is 0 Å². The Bertz CT molecular complexity index is 902. The molecule has 2 aromatic heterocycles. The van der Waals surface area contributed by atoms with Crippen LogP contribution >= 0.6 is 11.3 Å². The molecule has 1 saturated heterocycles. The minimum absolute atomic E-state index is 0.0363. The van der Waals surface area contributed by atoms with Gasteiger partial charge in [0, 0.05) is 42.8 Å². The SMILES string of the molecule is CC[C@H]1CN(C(=O)c2csc3nc(-c4ccc(F)cc4)cn23)CCN1. The second kappa shape index (κ2) is 6.57. The first-order chi connectivity index (χ1) is 12.2. The average Bonchev–Trinajstić information content (AvgIpc) is 3.22. The van der Waals surface area contributed by atoms with E-state index >= 15 is 0 Å². The fraction of sp³-hybridized carbons (Fsp3) is 0.333. The van der Waals surface area contributed by atoms with Crippen molar-refractivity contribution in [1.29, 1.82) is 0 Å². The maximum atomic E-state index is 13.1. The van der Waals surface area contributed by atoms with Gasteiger partial charge >= 0.3 is 0 Å². The lowest BCUT2D eigenvalue weighted by Crippen LogP contribution is -2.52. The predicted octanol–water partition coefficient (Wildman–Crippen LogP) is 3.03. The van der Waals surface area contributed by atoms with Crippen molar-refractivity contribution in [3.8, 4) is 11.3 Å². The van der Waals surface area contributed by atoms with Gasteiger partial charge in [0.05, 0.1) is 5.69 Å². The number of fused-ring (bicyclic) bond motifs is 1. The Kier molecular flexibility index (Phi) is 4.27. The van der Waals surface area contributed by atoms with Gasteiger partial charge in [0.2, 0.25) is 0 Å². The Balaban J connectivity index is 1.64. The van der Waals surface area contributed by atoms with Gasteiger partial charge in [0.15, 0.2) is 4.96 Å². The van der Waals surface area contributed by atoms with Gasteiger partial charge in [-0.2, -0.15) is 0 Å². The second-order valence-electron chi connectivity index (χ2n) is 6.22. The van der Waals surface area contributed by atoms with E-state index < -0.39 is 0 Å². The second-order valence-corrected chi connectivity index (χ2v) is 7.05. The van der Waals surface area contributed by atoms with Crippen LogP contribution in [-0.2, 0) is 0 Å². The van der Waals surface area contributed by atoms with E-state index in [2.05, 4.69) is 17.2 Å². The topological polar surface area (TPSA) is 49.6 Å². The molecule has 0 saturated carbocycles. The van der Waals surface area contributed by atoms with E-state index in [4.69, 9.17) is 0 Å². The molecule has 0 unspecified atom stereocenters. The lowest BCUT2D eigenvalue weighted by molar-refractivity contribution is 0.0695. The van der Waals surface area contributed by atoms with Crippen LogP contribution in [0, 0.1) is 5.82 Å². The van der Waals surface area contributed by atoms with Crippen LogP contribution in [0.1, 0.15) is 23.8 Å². The third-order valence-electron chi connectivity index (χ3n) is 4.60. The summed E-state index contributed by atoms with van der Waals surface area (Å²) in [4.78, 5) is 20.2. The number of hydrogen-bond acceptors (Lipinski definition) is 4. The van der Waals surface area contributed by atoms with Crippen LogP contribution in [0.4, 0.5) is 4.39 Å². The Morgan fingerprint density at radius 2 is 2.20 bits per heavy atom. The van der Waals surface area contributed by atoms with Gasteiger partial charge in [-0.3, -0.25) is 9.20 Å². The highest BCUT2D eigenvalue weighted by molar-refractivity contribution is 7.15. The molecule has 1 atom stereocenters. The molecule has 1 amide bonds. The standard InChI is InChI=1S/C18H19FN4OS/c1-2-14-9-22(8-7-20-14)17(24)16-11-25-18-21-15(10-23(16)18)12-3-5-13(19)6-4-12/h3-6,10-11,14,20H,2,7-9H2,1H3/t14-/m0/s1. The van der Waals surface area contributed by atoms with Crippen LogP contribution in [0.5, 0.6) is 0 Å². The number of thiazole rings is 1. The first-order valence-corrected chi connectivity index (χ1v) is 9.29. The largest absolute Gasteiger partial charge is 0.335 e. The number of amides is 1. The van der Waals surface area contributed by atoms with Crippen LogP contribution in [-0.4, -0.2) is 45.9 Å². The van der Waals surface area contributed by atoms with Gasteiger partial charge in [-0.15, -0.1) is 11.3 Å². The summed E-state index contributed by atoms with van der Waals surface area (Å²) < 4.78 is 14.9. The van der Waals surface area contributed by atoms with Crippen molar-refractivity contribution in [2.75, 3.05) is 19.6 Å². The van der Waals surface area contributed by atoms with E-state index in [0.717, 1.165) is 35.7 Å². The number of nitrogens with zero attached hydrogens (tertiary/aromatic N) is 3. The van der Waals surface area contributed by atoms with Gasteiger partial charge in [-0.05, 0) is 30.7 Å². The van der Waals surface area contributed by atoms with E-state index in [9.17, 15) is 9.18 Å². The third-order valence-corrected chi connectivity index (χ3v) is 5.44. The van der Waals surface area contributed by atoms with Crippen molar-refractivity contribution in [3.63, 3.8) is 0 Å². The molecule has 3 aromatic rings. The third kappa shape index (κ3) is 3.05. The molecule has 1 N–H and O–H groups in total. The fourth-order valence-corrected chi connectivity index (χ4v) is 3.99. The molecule has 7 heteroatoms. The van der Waals surface area contributed by atoms with Gasteiger partial charge in [0.1, 0.15) is 11.5 Å². The Labute approximate surface area is 149 Å². The molecule has 0 bridgehead atoms. The number of aromatic nitrogens is 2. The van der Waals surface area contributed by atoms with Gasteiger partial charge in [-0.25, -0.2) is 9.37 Å². The number of hydrogen-bond donors (Lipinski definition) is 1. The highest BCUT2D eigenvalue weighted by Gasteiger charge is 2.25. The summed E-state index contributed by atoms with van der Waals surface area (Å²) in [6.45, 7) is 4.39. The number of rotatable bonds is 3. The average molecular weight is 358 g/mol. The predicted molar refractivity (Wildman–Crippen MR) is 96.4 cm³/mol. The summed E-state index contributed by atoms with van der Waals surface area (Å²) in [6.07, 6.45) is 2.86. The Morgan fingerprint density at radius 3 is 2.96 bits per heavy atom. The Hall–Kier alpha value is -2.25. The highest BCUT2D eigenvalue weighted by atomic mass is 32.1. The van der Waals surface area contributed by atoms with Crippen molar-refractivity contribution < 1.29 is 9.18 Å². The maximum Gasteiger partial charge on any atom is 0.271 e. The number of carbonyl (C=O) groups is 1. The number of nitrogens with one attached hydrogen (secondary N) is 1. The van der Waals surface area contributed by atoms with E-state index in [1.165, 1.54) is 23.5 Å². The monoisotopic (exact) mass is 358 g/mol. The van der Waals surface area contributed by atoms with Crippen LogP contribution in [0.15, 0.2) is 35.8 Å². The van der Waals surface area contributed by atoms with Gasteiger partial charge < -0.3 is 10.2 Å². The van der Waals surface area contributed by atoms with Crippen molar-refractivity contribution in [1.82, 2.24) is 19.6 Å². The normalized spacial score (nSPS) is 18.0. The zero-order valence-corrected chi connectivity index (χ0v) is 14.7. The van der Waals surface area contributed by atoms with E-state index in [-0.39, 0.29) is 11.7 Å². The van der Waals surface area contributed by atoms with Gasteiger partial charge in [0.25, 0.3) is 5.91 Å². The van der Waals surface area contributed by atoms with Gasteiger partial charge in [-0.1, -0.05) is 6.92 Å². The molecule has 0 radical (unpaired) electrons. The first-order valence-electron chi connectivity index (χ1n) is 8.41. The molecule has 130 valence electrons. The first kappa shape index (κ1) is 16.2. The molecule has 4 rings (SSSR count). The van der Waals surface area contributed by atoms with Crippen molar-refractivity contribution in [2.24, 2.45) is 0 Å². The number of benzene rings is 1. The Morgan fingerprint density at radius 1 is 1.40 bits per heavy atom. The quantitative estimate of drug-likeness (QED) is 0.783. The molecule has 5 nitrogen and oxygen atoms in total. The molecule has 1 fully saturated rings. The van der Waals surface area contributed by atoms with E-state index in [1.807, 2.05) is 20.9 Å². The van der Waals surface area contributed by atoms with Crippen molar-refractivity contribution >= 4 is 22.2 Å². The molecule has 0 aliphatic carbocycles. The van der Waals surface area contributed by atoms with Crippen molar-refractivity contribution in [3.05, 3.63) is 47.4 Å². The minimum Gasteiger partial charge on any atom is -0.335 e. The molecule has 1 aliphatic rings. The van der Waals surface area contributed by atoms with E-state index in [0.29, 0.717) is 18.3 Å². The fourth-order valence-electron chi connectivity index (χ4n) is 3.14. The minimum atomic E-state index is -0.273. The van der Waals surface area contributed by atoms with Crippen molar-refractivity contribution in [2.45, 2.75) is 19.4 Å². The smallest absolute Gasteiger partial charge is 0.271 e. The molecule has 25 heavy (non-hydrogen) atoms. The number of piperazine rings is 1. The zero-order chi connectivity index (χ0) is 17.4. The summed E-state index contributed by atoms with van der Waals surface area (Å²) in [6, 6.07) is 6.59. The summed E-state index contributed by atoms with van der Waals surface area (Å²) in [5.41, 5.74) is 2.22. The molecule has 1 aliphatic heterocycles. The lowest BCUT2D eigenvalue weighted by atomic mass is 10.1. The summed E-state index contributed by atoms with van der Waals surface area (Å²) in [7, 11) is 0. The molecular weight excluding hydrogens is 339 g/mol. The van der Waals surface area contributed by atoms with Crippen LogP contribution < -0.4 is 5.32 Å². The number of imidazole rings is 1. The zero-order valence-electron chi connectivity index (χ0n) is 13.9. The van der Waals surface area contributed by atoms with Crippen LogP contribution in [0.25, 0.3) is 16.2 Å². The lowest BCUT2D eigenvalue weighted by Gasteiger charge is -2.33. The summed E-state index contributed by atoms with van der Waals surface area (Å²) in [5.74, 6) is -0.237. The summed E-state index contributed by atoms with van der Waals surface area (Å²) in [5, 5.41) is 5.29. The maximum absolute atomic E-state index is 13.1.